The molecule has 0 spiro atoms. The Bertz CT molecular complexity index is 949. The number of carbonyl (C=O) groups excluding carboxylic acids is 1. The Kier molecular flexibility index (Phi) is 4.49. The predicted molar refractivity (Wildman–Crippen MR) is 105 cm³/mol. The molecule has 0 bridgehead atoms. The summed E-state index contributed by atoms with van der Waals surface area (Å²) in [4.78, 5) is 19.4. The van der Waals surface area contributed by atoms with Crippen LogP contribution in [0.1, 0.15) is 47.2 Å². The van der Waals surface area contributed by atoms with Gasteiger partial charge in [0.1, 0.15) is 6.33 Å². The Morgan fingerprint density at radius 2 is 1.73 bits per heavy atom. The molecule has 1 amide bonds. The molecule has 1 fully saturated rings. The largest absolute Gasteiger partial charge is 0.339 e. The number of fused-ring (bicyclic) bond motifs is 1. The van der Waals surface area contributed by atoms with E-state index >= 15 is 0 Å². The van der Waals surface area contributed by atoms with Gasteiger partial charge in [-0.2, -0.15) is 0 Å². The minimum atomic E-state index is 0.134. The first-order valence-electron chi connectivity index (χ1n) is 9.47. The van der Waals surface area contributed by atoms with Gasteiger partial charge in [-0.15, -0.1) is 0 Å². The third kappa shape index (κ3) is 3.12. The standard InChI is InChI=1S/C22H25N3O/c1-16-7-9-20(17(2)13-16)25-15-23-19-14-18(8-10-21(19)25)22(26)24-11-5-3-4-6-12-24/h7-10,13-15H,3-6,11-12H2,1-2H3. The van der Waals surface area contributed by atoms with Crippen LogP contribution in [0.15, 0.2) is 42.7 Å². The van der Waals surface area contributed by atoms with Gasteiger partial charge in [-0.25, -0.2) is 4.98 Å². The molecule has 3 aromatic rings. The molecule has 0 atom stereocenters. The number of hydrogen-bond acceptors (Lipinski definition) is 2. The monoisotopic (exact) mass is 347 g/mol. The molecule has 4 nitrogen and oxygen atoms in total. The zero-order chi connectivity index (χ0) is 18.1. The lowest BCUT2D eigenvalue weighted by molar-refractivity contribution is 0.0762. The second-order valence-electron chi connectivity index (χ2n) is 7.31. The van der Waals surface area contributed by atoms with E-state index in [1.54, 1.807) is 0 Å². The molecule has 4 heteroatoms. The van der Waals surface area contributed by atoms with Crippen LogP contribution >= 0.6 is 0 Å². The van der Waals surface area contributed by atoms with E-state index in [0.29, 0.717) is 0 Å². The number of aromatic nitrogens is 2. The predicted octanol–water partition coefficient (Wildman–Crippen LogP) is 4.66. The van der Waals surface area contributed by atoms with Crippen molar-refractivity contribution in [1.29, 1.82) is 0 Å². The maximum Gasteiger partial charge on any atom is 0.253 e. The molecule has 4 rings (SSSR count). The Hall–Kier alpha value is -2.62. The molecule has 0 N–H and O–H groups in total. The van der Waals surface area contributed by atoms with Crippen molar-refractivity contribution in [2.75, 3.05) is 13.1 Å². The van der Waals surface area contributed by atoms with Crippen LogP contribution in [0.25, 0.3) is 16.7 Å². The molecular weight excluding hydrogens is 322 g/mol. The molecule has 1 aliphatic rings. The van der Waals surface area contributed by atoms with Gasteiger partial charge in [0.2, 0.25) is 0 Å². The maximum atomic E-state index is 12.9. The van der Waals surface area contributed by atoms with Gasteiger partial charge in [-0.3, -0.25) is 9.36 Å². The van der Waals surface area contributed by atoms with Gasteiger partial charge in [0, 0.05) is 18.7 Å². The summed E-state index contributed by atoms with van der Waals surface area (Å²) in [6.07, 6.45) is 6.51. The number of nitrogens with zero attached hydrogens (tertiary/aromatic N) is 3. The lowest BCUT2D eigenvalue weighted by Gasteiger charge is -2.20. The van der Waals surface area contributed by atoms with Crippen LogP contribution in [0.5, 0.6) is 0 Å². The summed E-state index contributed by atoms with van der Waals surface area (Å²) in [7, 11) is 0. The molecule has 0 saturated carbocycles. The summed E-state index contributed by atoms with van der Waals surface area (Å²) in [6.45, 7) is 5.96. The highest BCUT2D eigenvalue weighted by atomic mass is 16.2. The molecule has 1 aliphatic heterocycles. The van der Waals surface area contributed by atoms with Gasteiger partial charge in [0.25, 0.3) is 5.91 Å². The first-order chi connectivity index (χ1) is 12.6. The number of imidazole rings is 1. The highest BCUT2D eigenvalue weighted by molar-refractivity contribution is 5.97. The average molecular weight is 347 g/mol. The molecule has 0 unspecified atom stereocenters. The van der Waals surface area contributed by atoms with Crippen LogP contribution in [0.4, 0.5) is 0 Å². The number of aryl methyl sites for hydroxylation is 2. The molecular formula is C22H25N3O. The second-order valence-corrected chi connectivity index (χ2v) is 7.31. The highest BCUT2D eigenvalue weighted by Crippen LogP contribution is 2.23. The van der Waals surface area contributed by atoms with Crippen molar-refractivity contribution in [3.05, 3.63) is 59.4 Å². The van der Waals surface area contributed by atoms with Gasteiger partial charge in [-0.1, -0.05) is 30.5 Å². The molecule has 2 aromatic carbocycles. The van der Waals surface area contributed by atoms with E-state index in [1.165, 1.54) is 24.0 Å². The topological polar surface area (TPSA) is 38.1 Å². The van der Waals surface area contributed by atoms with Gasteiger partial charge in [0.05, 0.1) is 16.7 Å². The number of rotatable bonds is 2. The molecule has 2 heterocycles. The Morgan fingerprint density at radius 1 is 0.962 bits per heavy atom. The van der Waals surface area contributed by atoms with E-state index in [-0.39, 0.29) is 5.91 Å². The Morgan fingerprint density at radius 3 is 2.46 bits per heavy atom. The van der Waals surface area contributed by atoms with Crippen molar-refractivity contribution in [2.24, 2.45) is 0 Å². The number of benzene rings is 2. The fourth-order valence-corrected chi connectivity index (χ4v) is 3.87. The fourth-order valence-electron chi connectivity index (χ4n) is 3.87. The zero-order valence-corrected chi connectivity index (χ0v) is 15.5. The summed E-state index contributed by atoms with van der Waals surface area (Å²) in [6, 6.07) is 12.3. The second kappa shape index (κ2) is 6.94. The lowest BCUT2D eigenvalue weighted by atomic mass is 10.1. The van der Waals surface area contributed by atoms with Crippen LogP contribution in [-0.2, 0) is 0 Å². The molecule has 1 saturated heterocycles. The van der Waals surface area contributed by atoms with E-state index in [2.05, 4.69) is 41.6 Å². The van der Waals surface area contributed by atoms with Crippen molar-refractivity contribution < 1.29 is 4.79 Å². The normalized spacial score (nSPS) is 15.2. The fraction of sp³-hybridized carbons (Fsp3) is 0.364. The van der Waals surface area contributed by atoms with Crippen molar-refractivity contribution >= 4 is 16.9 Å². The number of likely N-dealkylation sites (tertiary alicyclic amines) is 1. The average Bonchev–Trinajstić information content (AvgIpc) is 2.86. The summed E-state index contributed by atoms with van der Waals surface area (Å²) in [5, 5.41) is 0. The van der Waals surface area contributed by atoms with Gasteiger partial charge < -0.3 is 4.90 Å². The Balaban J connectivity index is 1.68. The summed E-state index contributed by atoms with van der Waals surface area (Å²) >= 11 is 0. The van der Waals surface area contributed by atoms with Crippen molar-refractivity contribution in [3.8, 4) is 5.69 Å². The Labute approximate surface area is 154 Å². The maximum absolute atomic E-state index is 12.9. The molecule has 134 valence electrons. The molecule has 0 aliphatic carbocycles. The third-order valence-corrected chi connectivity index (χ3v) is 5.30. The zero-order valence-electron chi connectivity index (χ0n) is 15.5. The number of amides is 1. The van der Waals surface area contributed by atoms with Gasteiger partial charge in [-0.05, 0) is 56.5 Å². The van der Waals surface area contributed by atoms with E-state index < -0.39 is 0 Å². The summed E-state index contributed by atoms with van der Waals surface area (Å²) in [5.74, 6) is 0.134. The quantitative estimate of drug-likeness (QED) is 0.676. The number of carbonyl (C=O) groups is 1. The molecule has 26 heavy (non-hydrogen) atoms. The SMILES string of the molecule is Cc1ccc(-n2cnc3cc(C(=O)N4CCCCCC4)ccc32)c(C)c1. The summed E-state index contributed by atoms with van der Waals surface area (Å²) in [5.41, 5.74) is 6.24. The van der Waals surface area contributed by atoms with Crippen LogP contribution in [-0.4, -0.2) is 33.4 Å². The van der Waals surface area contributed by atoms with Crippen LogP contribution in [0.2, 0.25) is 0 Å². The van der Waals surface area contributed by atoms with E-state index in [9.17, 15) is 4.79 Å². The van der Waals surface area contributed by atoms with Gasteiger partial charge in [0.15, 0.2) is 0 Å². The van der Waals surface area contributed by atoms with Gasteiger partial charge >= 0.3 is 0 Å². The minimum Gasteiger partial charge on any atom is -0.339 e. The minimum absolute atomic E-state index is 0.134. The van der Waals surface area contributed by atoms with E-state index in [1.807, 2.05) is 29.4 Å². The highest BCUT2D eigenvalue weighted by Gasteiger charge is 2.18. The smallest absolute Gasteiger partial charge is 0.253 e. The van der Waals surface area contributed by atoms with E-state index in [0.717, 1.165) is 48.2 Å². The van der Waals surface area contributed by atoms with Crippen LogP contribution in [0, 0.1) is 13.8 Å². The molecule has 0 radical (unpaired) electrons. The third-order valence-electron chi connectivity index (χ3n) is 5.30. The molecule has 1 aromatic heterocycles. The van der Waals surface area contributed by atoms with E-state index in [4.69, 9.17) is 0 Å². The first-order valence-corrected chi connectivity index (χ1v) is 9.47. The van der Waals surface area contributed by atoms with Crippen molar-refractivity contribution in [1.82, 2.24) is 14.5 Å². The summed E-state index contributed by atoms with van der Waals surface area (Å²) < 4.78 is 2.10. The first kappa shape index (κ1) is 16.8. The van der Waals surface area contributed by atoms with Crippen molar-refractivity contribution in [3.63, 3.8) is 0 Å². The number of hydrogen-bond donors (Lipinski definition) is 0. The van der Waals surface area contributed by atoms with Crippen LogP contribution < -0.4 is 0 Å². The van der Waals surface area contributed by atoms with Crippen molar-refractivity contribution in [2.45, 2.75) is 39.5 Å². The lowest BCUT2D eigenvalue weighted by Crippen LogP contribution is -2.31. The van der Waals surface area contributed by atoms with Crippen LogP contribution in [0.3, 0.4) is 0 Å².